The summed E-state index contributed by atoms with van der Waals surface area (Å²) >= 11 is 0. The van der Waals surface area contributed by atoms with Crippen molar-refractivity contribution in [3.8, 4) is 0 Å². The highest BCUT2D eigenvalue weighted by Gasteiger charge is 2.33. The van der Waals surface area contributed by atoms with Gasteiger partial charge in [-0.25, -0.2) is 9.59 Å². The van der Waals surface area contributed by atoms with E-state index in [4.69, 9.17) is 10.2 Å². The molecule has 0 aliphatic carbocycles. The summed E-state index contributed by atoms with van der Waals surface area (Å²) in [5.41, 5.74) is 1.91. The summed E-state index contributed by atoms with van der Waals surface area (Å²) in [5.74, 6) is -1.09. The van der Waals surface area contributed by atoms with Gasteiger partial charge in [0.15, 0.2) is 0 Å². The van der Waals surface area contributed by atoms with Crippen molar-refractivity contribution in [1.82, 2.24) is 21.3 Å². The Balaban J connectivity index is 1.81. The molecule has 0 radical (unpaired) electrons. The minimum absolute atomic E-state index is 0.426. The lowest BCUT2D eigenvalue weighted by Crippen LogP contribution is -2.57. The highest BCUT2D eigenvalue weighted by atomic mass is 16.4. The molecular formula is C35H52N4O6. The van der Waals surface area contributed by atoms with Gasteiger partial charge < -0.3 is 15.5 Å². The average molecular weight is 625 g/mol. The molecule has 248 valence electrons. The summed E-state index contributed by atoms with van der Waals surface area (Å²) in [6.45, 7) is 4.06. The summed E-state index contributed by atoms with van der Waals surface area (Å²) in [5, 5.41) is 28.2. The Morgan fingerprint density at radius 1 is 0.600 bits per heavy atom. The Labute approximate surface area is 267 Å². The number of amides is 4. The van der Waals surface area contributed by atoms with Gasteiger partial charge in [0.2, 0.25) is 11.8 Å². The Kier molecular flexibility index (Phi) is 17.5. The Morgan fingerprint density at radius 3 is 1.44 bits per heavy atom. The molecule has 0 saturated heterocycles. The Morgan fingerprint density at radius 2 is 1.00 bits per heavy atom. The van der Waals surface area contributed by atoms with Crippen LogP contribution in [0.25, 0.3) is 0 Å². The summed E-state index contributed by atoms with van der Waals surface area (Å²) in [6.07, 6.45) is 10.7. The molecule has 10 heteroatoms. The van der Waals surface area contributed by atoms with Crippen molar-refractivity contribution >= 4 is 24.0 Å². The first-order chi connectivity index (χ1) is 21.6. The van der Waals surface area contributed by atoms with Gasteiger partial charge in [0, 0.05) is 5.54 Å². The van der Waals surface area contributed by atoms with Crippen LogP contribution in [-0.2, 0) is 22.4 Å². The average Bonchev–Trinajstić information content (AvgIpc) is 2.99. The third-order valence-electron chi connectivity index (χ3n) is 8.07. The monoisotopic (exact) mass is 624 g/mol. The van der Waals surface area contributed by atoms with Crippen molar-refractivity contribution in [3.05, 3.63) is 71.8 Å². The van der Waals surface area contributed by atoms with Crippen LogP contribution in [-0.4, -0.2) is 58.4 Å². The number of rotatable bonds is 22. The number of carbonyl (C=O) groups is 4. The van der Waals surface area contributed by atoms with Crippen LogP contribution in [0.2, 0.25) is 0 Å². The van der Waals surface area contributed by atoms with Crippen molar-refractivity contribution in [2.24, 2.45) is 0 Å². The van der Waals surface area contributed by atoms with E-state index in [0.29, 0.717) is 6.54 Å². The second kappa shape index (κ2) is 21.1. The van der Waals surface area contributed by atoms with E-state index in [1.807, 2.05) is 47.0 Å². The molecule has 2 aromatic carbocycles. The van der Waals surface area contributed by atoms with Gasteiger partial charge in [0.1, 0.15) is 0 Å². The van der Waals surface area contributed by atoms with Gasteiger partial charge in [-0.15, -0.1) is 0 Å². The van der Waals surface area contributed by atoms with E-state index in [0.717, 1.165) is 57.8 Å². The topological polar surface area (TPSA) is 157 Å². The number of hydrogen-bond acceptors (Lipinski definition) is 6. The third-order valence-corrected chi connectivity index (χ3v) is 8.07. The first-order valence-corrected chi connectivity index (χ1v) is 16.3. The second-order valence-electron chi connectivity index (χ2n) is 12.0. The van der Waals surface area contributed by atoms with Crippen LogP contribution in [0.4, 0.5) is 9.59 Å². The number of hydrogen-bond donors (Lipinski definition) is 6. The molecule has 0 aliphatic rings. The normalized spacial score (nSPS) is 12.7. The van der Waals surface area contributed by atoms with Crippen LogP contribution >= 0.6 is 0 Å². The molecule has 0 spiro atoms. The summed E-state index contributed by atoms with van der Waals surface area (Å²) in [4.78, 5) is 45.9. The maximum Gasteiger partial charge on any atom is 0.411 e. The lowest BCUT2D eigenvalue weighted by molar-refractivity contribution is -0.123. The minimum atomic E-state index is -1.35. The molecule has 2 rings (SSSR count). The Hall–Kier alpha value is -3.76. The fourth-order valence-electron chi connectivity index (χ4n) is 5.75. The molecule has 0 unspecified atom stereocenters. The zero-order valence-corrected chi connectivity index (χ0v) is 26.9. The van der Waals surface area contributed by atoms with Gasteiger partial charge in [-0.05, 0) is 57.2 Å². The first-order valence-electron chi connectivity index (χ1n) is 16.3. The summed E-state index contributed by atoms with van der Waals surface area (Å²) < 4.78 is 0. The van der Waals surface area contributed by atoms with E-state index in [1.165, 1.54) is 36.8 Å². The molecule has 4 amide bonds. The second-order valence-corrected chi connectivity index (χ2v) is 12.0. The standard InChI is InChI=1S/C35H52N4O6/c1-27(31(40)37-33(42)43)36-24-18-10-8-6-4-3-5-7-9-17-23-35(25-29-19-13-11-14-20-29,26-30-21-15-12-16-22-30)39-28(2)32(41)38-34(44)45/h11-16,19-22,27-28,36,39H,3-10,17-18,23-26H2,1-2H3,(H,37,40)(H,38,41)(H,42,43)(H,44,45)/t27-,28-/m0/s1. The minimum Gasteiger partial charge on any atom is -0.465 e. The van der Waals surface area contributed by atoms with Gasteiger partial charge in [-0.3, -0.25) is 25.5 Å². The molecule has 0 saturated carbocycles. The van der Waals surface area contributed by atoms with Crippen LogP contribution in [0.5, 0.6) is 0 Å². The van der Waals surface area contributed by atoms with E-state index in [1.54, 1.807) is 13.8 Å². The van der Waals surface area contributed by atoms with Crippen molar-refractivity contribution in [2.75, 3.05) is 6.54 Å². The van der Waals surface area contributed by atoms with Crippen molar-refractivity contribution < 1.29 is 29.4 Å². The van der Waals surface area contributed by atoms with Crippen LogP contribution in [0.1, 0.15) is 95.6 Å². The maximum absolute atomic E-state index is 12.6. The van der Waals surface area contributed by atoms with E-state index in [-0.39, 0.29) is 0 Å². The molecule has 0 aliphatic heterocycles. The number of unbranched alkanes of at least 4 members (excludes halogenated alkanes) is 9. The lowest BCUT2D eigenvalue weighted by atomic mass is 9.79. The molecule has 10 nitrogen and oxygen atoms in total. The number of carboxylic acid groups (broad SMARTS) is 2. The molecule has 0 bridgehead atoms. The lowest BCUT2D eigenvalue weighted by Gasteiger charge is -2.38. The maximum atomic E-state index is 12.6. The highest BCUT2D eigenvalue weighted by molar-refractivity contribution is 5.94. The van der Waals surface area contributed by atoms with Crippen LogP contribution < -0.4 is 21.3 Å². The van der Waals surface area contributed by atoms with Crippen molar-refractivity contribution in [3.63, 3.8) is 0 Å². The zero-order chi connectivity index (χ0) is 32.9. The molecule has 45 heavy (non-hydrogen) atoms. The zero-order valence-electron chi connectivity index (χ0n) is 26.9. The Bertz CT molecular complexity index is 1120. The fraction of sp³-hybridized carbons (Fsp3) is 0.543. The van der Waals surface area contributed by atoms with Crippen LogP contribution in [0.15, 0.2) is 60.7 Å². The molecule has 6 N–H and O–H groups in total. The van der Waals surface area contributed by atoms with E-state index in [9.17, 15) is 19.2 Å². The predicted octanol–water partition coefficient (Wildman–Crippen LogP) is 6.05. The molecule has 0 heterocycles. The smallest absolute Gasteiger partial charge is 0.411 e. The largest absolute Gasteiger partial charge is 0.465 e. The van der Waals surface area contributed by atoms with Crippen molar-refractivity contribution in [2.45, 2.75) is 115 Å². The number of carbonyl (C=O) groups excluding carboxylic acids is 2. The van der Waals surface area contributed by atoms with Crippen LogP contribution in [0, 0.1) is 0 Å². The van der Waals surface area contributed by atoms with E-state index >= 15 is 0 Å². The first kappa shape index (κ1) is 37.4. The summed E-state index contributed by atoms with van der Waals surface area (Å²) in [6, 6.07) is 19.2. The van der Waals surface area contributed by atoms with Crippen molar-refractivity contribution in [1.29, 1.82) is 0 Å². The van der Waals surface area contributed by atoms with Gasteiger partial charge >= 0.3 is 12.2 Å². The quantitative estimate of drug-likeness (QED) is 0.0865. The number of nitrogens with one attached hydrogen (secondary N) is 4. The highest BCUT2D eigenvalue weighted by Crippen LogP contribution is 2.27. The van der Waals surface area contributed by atoms with Gasteiger partial charge in [0.05, 0.1) is 12.1 Å². The van der Waals surface area contributed by atoms with E-state index in [2.05, 4.69) is 34.9 Å². The SMILES string of the molecule is C[C@H](NCCCCCCCCCCCCC(Cc1ccccc1)(Cc1ccccc1)N[C@@H](C)C(=O)NC(=O)O)C(=O)NC(=O)O. The van der Waals surface area contributed by atoms with Gasteiger partial charge in [0.25, 0.3) is 0 Å². The van der Waals surface area contributed by atoms with Gasteiger partial charge in [-0.1, -0.05) is 118 Å². The third kappa shape index (κ3) is 16.2. The number of imide groups is 2. The van der Waals surface area contributed by atoms with Crippen LogP contribution in [0.3, 0.4) is 0 Å². The molecule has 2 atom stereocenters. The molecular weight excluding hydrogens is 572 g/mol. The van der Waals surface area contributed by atoms with Gasteiger partial charge in [-0.2, -0.15) is 0 Å². The summed E-state index contributed by atoms with van der Waals surface area (Å²) in [7, 11) is 0. The predicted molar refractivity (Wildman–Crippen MR) is 176 cm³/mol. The number of benzene rings is 2. The van der Waals surface area contributed by atoms with E-state index < -0.39 is 41.6 Å². The molecule has 0 aromatic heterocycles. The molecule has 0 fully saturated rings. The fourth-order valence-corrected chi connectivity index (χ4v) is 5.75. The molecule has 2 aromatic rings.